The van der Waals surface area contributed by atoms with Crippen molar-refractivity contribution in [3.63, 3.8) is 0 Å². The van der Waals surface area contributed by atoms with Gasteiger partial charge in [0.25, 0.3) is 0 Å². The Bertz CT molecular complexity index is 400. The van der Waals surface area contributed by atoms with Crippen LogP contribution in [0.3, 0.4) is 0 Å². The number of hydrogen-bond donors (Lipinski definition) is 1. The first-order valence-electron chi connectivity index (χ1n) is 7.98. The summed E-state index contributed by atoms with van der Waals surface area (Å²) in [5, 5.41) is 9.55. The second-order valence-corrected chi connectivity index (χ2v) is 6.10. The number of nitriles is 1. The molecular weight excluding hydrogens is 266 g/mol. The van der Waals surface area contributed by atoms with Gasteiger partial charge in [0.05, 0.1) is 6.07 Å². The molecule has 1 aliphatic heterocycles. The second-order valence-electron chi connectivity index (χ2n) is 6.10. The maximum absolute atomic E-state index is 12.8. The van der Waals surface area contributed by atoms with Gasteiger partial charge in [-0.25, -0.2) is 0 Å². The predicted octanol–water partition coefficient (Wildman–Crippen LogP) is 2.21. The fraction of sp³-hybridized carbons (Fsp3) is 0.812. The Morgan fingerprint density at radius 1 is 1.24 bits per heavy atom. The van der Waals surface area contributed by atoms with Crippen LogP contribution < -0.4 is 5.73 Å². The van der Waals surface area contributed by atoms with E-state index in [0.717, 1.165) is 25.7 Å². The van der Waals surface area contributed by atoms with E-state index in [2.05, 4.69) is 6.07 Å². The van der Waals surface area contributed by atoms with Crippen LogP contribution in [0, 0.1) is 22.7 Å². The molecule has 1 rings (SSSR count). The molecule has 0 aromatic rings. The van der Waals surface area contributed by atoms with Gasteiger partial charge in [-0.15, -0.1) is 0 Å². The van der Waals surface area contributed by atoms with E-state index in [1.807, 2.05) is 18.7 Å². The topological polar surface area (TPSA) is 87.2 Å². The molecular formula is C16H27N3O2. The first-order valence-corrected chi connectivity index (χ1v) is 7.98. The van der Waals surface area contributed by atoms with E-state index in [1.54, 1.807) is 0 Å². The number of piperidine rings is 1. The van der Waals surface area contributed by atoms with E-state index in [-0.39, 0.29) is 17.7 Å². The first kappa shape index (κ1) is 17.5. The molecule has 21 heavy (non-hydrogen) atoms. The van der Waals surface area contributed by atoms with E-state index in [9.17, 15) is 14.9 Å². The number of likely N-dealkylation sites (tertiary alicyclic amines) is 1. The zero-order valence-corrected chi connectivity index (χ0v) is 13.2. The minimum Gasteiger partial charge on any atom is -0.370 e. The van der Waals surface area contributed by atoms with Crippen molar-refractivity contribution in [1.29, 1.82) is 5.26 Å². The van der Waals surface area contributed by atoms with Crippen LogP contribution in [-0.4, -0.2) is 29.8 Å². The minimum atomic E-state index is -0.861. The Balaban J connectivity index is 2.70. The number of nitrogens with zero attached hydrogens (tertiary/aromatic N) is 2. The lowest BCUT2D eigenvalue weighted by molar-refractivity contribution is -0.141. The number of carbonyl (C=O) groups is 2. The normalized spacial score (nSPS) is 16.5. The van der Waals surface area contributed by atoms with Crippen LogP contribution in [0.25, 0.3) is 0 Å². The molecule has 2 N–H and O–H groups in total. The zero-order valence-electron chi connectivity index (χ0n) is 13.2. The number of amides is 2. The SMILES string of the molecule is CCCC(C#N)(CCC)C(=O)N1CCC(CC(N)=O)CC1. The van der Waals surface area contributed by atoms with Crippen molar-refractivity contribution in [2.75, 3.05) is 13.1 Å². The van der Waals surface area contributed by atoms with Crippen LogP contribution in [0.5, 0.6) is 0 Å². The van der Waals surface area contributed by atoms with E-state index in [0.29, 0.717) is 32.4 Å². The van der Waals surface area contributed by atoms with E-state index in [1.165, 1.54) is 0 Å². The van der Waals surface area contributed by atoms with Gasteiger partial charge in [0.1, 0.15) is 5.41 Å². The molecule has 0 spiro atoms. The molecule has 1 saturated heterocycles. The summed E-state index contributed by atoms with van der Waals surface area (Å²) in [6.45, 7) is 5.28. The van der Waals surface area contributed by atoms with Gasteiger partial charge >= 0.3 is 0 Å². The third-order valence-corrected chi connectivity index (χ3v) is 4.37. The van der Waals surface area contributed by atoms with E-state index in [4.69, 9.17) is 5.73 Å². The summed E-state index contributed by atoms with van der Waals surface area (Å²) in [5.41, 5.74) is 4.36. The Hall–Kier alpha value is -1.57. The van der Waals surface area contributed by atoms with Crippen molar-refractivity contribution in [3.05, 3.63) is 0 Å². The number of rotatable bonds is 7. The van der Waals surface area contributed by atoms with Crippen LogP contribution in [0.15, 0.2) is 0 Å². The zero-order chi connectivity index (χ0) is 15.9. The predicted molar refractivity (Wildman–Crippen MR) is 81.0 cm³/mol. The molecule has 0 aliphatic carbocycles. The van der Waals surface area contributed by atoms with Crippen LogP contribution in [0.2, 0.25) is 0 Å². The maximum atomic E-state index is 12.8. The average Bonchev–Trinajstić information content (AvgIpc) is 2.46. The Kier molecular flexibility index (Phi) is 6.67. The van der Waals surface area contributed by atoms with Crippen LogP contribution in [-0.2, 0) is 9.59 Å². The maximum Gasteiger partial charge on any atom is 0.243 e. The molecule has 2 amide bonds. The second kappa shape index (κ2) is 8.02. The molecule has 0 radical (unpaired) electrons. The highest BCUT2D eigenvalue weighted by Crippen LogP contribution is 2.33. The molecule has 5 heteroatoms. The molecule has 0 atom stereocenters. The summed E-state index contributed by atoms with van der Waals surface area (Å²) >= 11 is 0. The third-order valence-electron chi connectivity index (χ3n) is 4.37. The highest BCUT2D eigenvalue weighted by atomic mass is 16.2. The number of hydrogen-bond acceptors (Lipinski definition) is 3. The van der Waals surface area contributed by atoms with Gasteiger partial charge < -0.3 is 10.6 Å². The van der Waals surface area contributed by atoms with Crippen LogP contribution in [0.4, 0.5) is 0 Å². The molecule has 0 aromatic heterocycles. The summed E-state index contributed by atoms with van der Waals surface area (Å²) in [7, 11) is 0. The molecule has 0 saturated carbocycles. The molecule has 0 unspecified atom stereocenters. The van der Waals surface area contributed by atoms with Gasteiger partial charge in [0, 0.05) is 19.5 Å². The van der Waals surface area contributed by atoms with Gasteiger partial charge in [-0.1, -0.05) is 26.7 Å². The fourth-order valence-corrected chi connectivity index (χ4v) is 3.28. The summed E-state index contributed by atoms with van der Waals surface area (Å²) in [6.07, 6.45) is 4.90. The van der Waals surface area contributed by atoms with Crippen molar-refractivity contribution < 1.29 is 9.59 Å². The van der Waals surface area contributed by atoms with Crippen molar-refractivity contribution in [1.82, 2.24) is 4.90 Å². The third kappa shape index (κ3) is 4.45. The highest BCUT2D eigenvalue weighted by molar-refractivity contribution is 5.85. The molecule has 118 valence electrons. The van der Waals surface area contributed by atoms with E-state index >= 15 is 0 Å². The lowest BCUT2D eigenvalue weighted by Gasteiger charge is -2.37. The molecule has 1 heterocycles. The van der Waals surface area contributed by atoms with Gasteiger partial charge in [-0.05, 0) is 31.6 Å². The smallest absolute Gasteiger partial charge is 0.243 e. The molecule has 0 aromatic carbocycles. The molecule has 0 bridgehead atoms. The monoisotopic (exact) mass is 293 g/mol. The summed E-state index contributed by atoms with van der Waals surface area (Å²) < 4.78 is 0. The summed E-state index contributed by atoms with van der Waals surface area (Å²) in [4.78, 5) is 25.5. The molecule has 1 aliphatic rings. The van der Waals surface area contributed by atoms with E-state index < -0.39 is 5.41 Å². The van der Waals surface area contributed by atoms with Crippen LogP contribution >= 0.6 is 0 Å². The van der Waals surface area contributed by atoms with Gasteiger partial charge in [-0.2, -0.15) is 5.26 Å². The standard InChI is InChI=1S/C16H27N3O2/c1-3-7-16(12-17,8-4-2)15(21)19-9-5-13(6-10-19)11-14(18)20/h13H,3-11H2,1-2H3,(H2,18,20). The lowest BCUT2D eigenvalue weighted by atomic mass is 9.78. The number of nitrogens with two attached hydrogens (primary N) is 1. The number of carbonyl (C=O) groups excluding carboxylic acids is 2. The first-order chi connectivity index (χ1) is 9.99. The largest absolute Gasteiger partial charge is 0.370 e. The minimum absolute atomic E-state index is 0.0220. The molecule has 1 fully saturated rings. The Morgan fingerprint density at radius 2 is 1.76 bits per heavy atom. The van der Waals surface area contributed by atoms with Gasteiger partial charge in [0.2, 0.25) is 11.8 Å². The van der Waals surface area contributed by atoms with Crippen molar-refractivity contribution >= 4 is 11.8 Å². The number of primary amides is 1. The van der Waals surface area contributed by atoms with Crippen LogP contribution in [0.1, 0.15) is 58.8 Å². The molecule has 5 nitrogen and oxygen atoms in total. The average molecular weight is 293 g/mol. The van der Waals surface area contributed by atoms with Crippen molar-refractivity contribution in [3.8, 4) is 6.07 Å². The van der Waals surface area contributed by atoms with Gasteiger partial charge in [-0.3, -0.25) is 9.59 Å². The van der Waals surface area contributed by atoms with Gasteiger partial charge in [0.15, 0.2) is 0 Å². The summed E-state index contributed by atoms with van der Waals surface area (Å²) in [6, 6.07) is 2.29. The summed E-state index contributed by atoms with van der Waals surface area (Å²) in [5.74, 6) is -0.0188. The van der Waals surface area contributed by atoms with Crippen molar-refractivity contribution in [2.24, 2.45) is 17.1 Å². The Morgan fingerprint density at radius 3 is 2.14 bits per heavy atom. The fourth-order valence-electron chi connectivity index (χ4n) is 3.28. The lowest BCUT2D eigenvalue weighted by Crippen LogP contribution is -2.47. The van der Waals surface area contributed by atoms with Crippen molar-refractivity contribution in [2.45, 2.75) is 58.8 Å². The highest BCUT2D eigenvalue weighted by Gasteiger charge is 2.40. The Labute approximate surface area is 127 Å². The quantitative estimate of drug-likeness (QED) is 0.780.